The average Bonchev–Trinajstić information content (AvgIpc) is 2.86. The zero-order chi connectivity index (χ0) is 15.6. The number of halogens is 2. The van der Waals surface area contributed by atoms with Crippen molar-refractivity contribution in [1.29, 1.82) is 0 Å². The summed E-state index contributed by atoms with van der Waals surface area (Å²) < 4.78 is 28.2. The molecule has 1 aromatic heterocycles. The number of nitrogens with one attached hydrogen (secondary N) is 1. The van der Waals surface area contributed by atoms with Crippen molar-refractivity contribution in [2.45, 2.75) is 26.8 Å². The topological polar surface area (TPSA) is 72.9 Å². The summed E-state index contributed by atoms with van der Waals surface area (Å²) >= 11 is 0. The number of hydrogen-bond acceptors (Lipinski definition) is 3. The molecule has 7 heteroatoms. The van der Waals surface area contributed by atoms with Gasteiger partial charge in [-0.2, -0.15) is 5.10 Å². The lowest BCUT2D eigenvalue weighted by atomic mass is 10.2. The van der Waals surface area contributed by atoms with Crippen LogP contribution in [0.3, 0.4) is 0 Å². The third-order valence-corrected chi connectivity index (χ3v) is 3.05. The molecular formula is C14H16F2N4O. The molecule has 0 radical (unpaired) electrons. The highest BCUT2D eigenvalue weighted by Crippen LogP contribution is 2.24. The first-order valence-electron chi connectivity index (χ1n) is 6.58. The molecule has 0 bridgehead atoms. The molecule has 2 aromatic rings. The van der Waals surface area contributed by atoms with Crippen LogP contribution in [-0.2, 0) is 13.0 Å². The number of rotatable bonds is 4. The van der Waals surface area contributed by atoms with E-state index in [1.54, 1.807) is 6.07 Å². The summed E-state index contributed by atoms with van der Waals surface area (Å²) in [6.07, 6.45) is 0.681. The van der Waals surface area contributed by atoms with Gasteiger partial charge in [-0.1, -0.05) is 6.92 Å². The summed E-state index contributed by atoms with van der Waals surface area (Å²) in [5.74, 6) is -2.25. The molecular weight excluding hydrogens is 278 g/mol. The van der Waals surface area contributed by atoms with Gasteiger partial charge >= 0.3 is 0 Å². The third-order valence-electron chi connectivity index (χ3n) is 3.05. The van der Waals surface area contributed by atoms with E-state index < -0.39 is 17.5 Å². The molecule has 5 nitrogen and oxygen atoms in total. The number of carbonyl (C=O) groups is 1. The number of benzene rings is 1. The van der Waals surface area contributed by atoms with Crippen molar-refractivity contribution >= 4 is 17.3 Å². The minimum absolute atomic E-state index is 0.167. The lowest BCUT2D eigenvalue weighted by Gasteiger charge is -2.10. The van der Waals surface area contributed by atoms with Gasteiger partial charge in [-0.25, -0.2) is 8.78 Å². The normalized spacial score (nSPS) is 10.7. The van der Waals surface area contributed by atoms with Crippen LogP contribution in [0.2, 0.25) is 0 Å². The number of nitrogens with two attached hydrogens (primary N) is 1. The van der Waals surface area contributed by atoms with Crippen molar-refractivity contribution in [3.8, 4) is 0 Å². The number of aromatic nitrogens is 2. The van der Waals surface area contributed by atoms with Crippen molar-refractivity contribution in [2.24, 2.45) is 0 Å². The fourth-order valence-corrected chi connectivity index (χ4v) is 1.97. The van der Waals surface area contributed by atoms with Crippen molar-refractivity contribution in [3.63, 3.8) is 0 Å². The Labute approximate surface area is 120 Å². The van der Waals surface area contributed by atoms with Gasteiger partial charge in [0.1, 0.15) is 17.2 Å². The number of hydrogen-bond donors (Lipinski definition) is 2. The highest BCUT2D eigenvalue weighted by Gasteiger charge is 2.17. The van der Waals surface area contributed by atoms with E-state index in [0.717, 1.165) is 11.8 Å². The molecule has 0 fully saturated rings. The van der Waals surface area contributed by atoms with E-state index in [9.17, 15) is 13.6 Å². The molecule has 3 N–H and O–H groups in total. The first kappa shape index (κ1) is 15.0. The summed E-state index contributed by atoms with van der Waals surface area (Å²) in [7, 11) is 0. The number of aryl methyl sites for hydroxylation is 2. The predicted octanol–water partition coefficient (Wildman–Crippen LogP) is 2.58. The van der Waals surface area contributed by atoms with Crippen molar-refractivity contribution in [1.82, 2.24) is 9.78 Å². The number of amides is 1. The quantitative estimate of drug-likeness (QED) is 0.851. The van der Waals surface area contributed by atoms with Crippen molar-refractivity contribution in [3.05, 3.63) is 41.2 Å². The van der Waals surface area contributed by atoms with Crippen LogP contribution in [-0.4, -0.2) is 15.7 Å². The SMILES string of the molecule is CCc1cc(C(=O)Nc2c(N)cc(F)cc2F)n(CC)n1. The highest BCUT2D eigenvalue weighted by molar-refractivity contribution is 6.04. The zero-order valence-corrected chi connectivity index (χ0v) is 11.8. The molecule has 112 valence electrons. The summed E-state index contributed by atoms with van der Waals surface area (Å²) in [6.45, 7) is 4.27. The Morgan fingerprint density at radius 2 is 2.05 bits per heavy atom. The molecule has 0 atom stereocenters. The Kier molecular flexibility index (Phi) is 4.21. The second-order valence-corrected chi connectivity index (χ2v) is 4.50. The van der Waals surface area contributed by atoms with Gasteiger partial charge in [0.25, 0.3) is 5.91 Å². The number of carbonyl (C=O) groups excluding carboxylic acids is 1. The number of anilines is 2. The second kappa shape index (κ2) is 5.90. The monoisotopic (exact) mass is 294 g/mol. The van der Waals surface area contributed by atoms with Gasteiger partial charge in [-0.05, 0) is 25.5 Å². The van der Waals surface area contributed by atoms with E-state index in [1.807, 2.05) is 13.8 Å². The molecule has 0 saturated heterocycles. The first-order valence-corrected chi connectivity index (χ1v) is 6.58. The first-order chi connectivity index (χ1) is 9.96. The molecule has 0 aliphatic rings. The molecule has 0 spiro atoms. The van der Waals surface area contributed by atoms with Gasteiger partial charge in [-0.3, -0.25) is 9.48 Å². The fraction of sp³-hybridized carbons (Fsp3) is 0.286. The Balaban J connectivity index is 2.32. The lowest BCUT2D eigenvalue weighted by molar-refractivity contribution is 0.101. The predicted molar refractivity (Wildman–Crippen MR) is 76.0 cm³/mol. The molecule has 0 aliphatic heterocycles. The third kappa shape index (κ3) is 3.01. The highest BCUT2D eigenvalue weighted by atomic mass is 19.1. The van der Waals surface area contributed by atoms with E-state index in [4.69, 9.17) is 5.73 Å². The molecule has 0 unspecified atom stereocenters. The van der Waals surface area contributed by atoms with E-state index in [0.29, 0.717) is 24.7 Å². The van der Waals surface area contributed by atoms with Gasteiger partial charge < -0.3 is 11.1 Å². The van der Waals surface area contributed by atoms with Gasteiger partial charge in [0.2, 0.25) is 0 Å². The Morgan fingerprint density at radius 1 is 1.33 bits per heavy atom. The molecule has 1 heterocycles. The van der Waals surface area contributed by atoms with E-state index >= 15 is 0 Å². The van der Waals surface area contributed by atoms with Crippen LogP contribution in [0.4, 0.5) is 20.2 Å². The zero-order valence-electron chi connectivity index (χ0n) is 11.8. The number of nitrogens with zero attached hydrogens (tertiary/aromatic N) is 2. The van der Waals surface area contributed by atoms with Crippen LogP contribution in [0.1, 0.15) is 30.0 Å². The van der Waals surface area contributed by atoms with E-state index in [-0.39, 0.29) is 11.4 Å². The standard InChI is InChI=1S/C14H16F2N4O/c1-3-9-7-12(20(4-2)19-9)14(21)18-13-10(16)5-8(15)6-11(13)17/h5-7H,3-4,17H2,1-2H3,(H,18,21). The second-order valence-electron chi connectivity index (χ2n) is 4.50. The van der Waals surface area contributed by atoms with Gasteiger partial charge in [0.05, 0.1) is 11.4 Å². The van der Waals surface area contributed by atoms with Crippen LogP contribution >= 0.6 is 0 Å². The van der Waals surface area contributed by atoms with Crippen molar-refractivity contribution < 1.29 is 13.6 Å². The molecule has 1 amide bonds. The minimum atomic E-state index is -0.917. The summed E-state index contributed by atoms with van der Waals surface area (Å²) in [6, 6.07) is 3.25. The molecule has 0 saturated carbocycles. The maximum absolute atomic E-state index is 13.7. The van der Waals surface area contributed by atoms with Crippen LogP contribution in [0.5, 0.6) is 0 Å². The molecule has 2 rings (SSSR count). The minimum Gasteiger partial charge on any atom is -0.397 e. The van der Waals surface area contributed by atoms with Crippen LogP contribution in [0, 0.1) is 11.6 Å². The van der Waals surface area contributed by atoms with Crippen LogP contribution < -0.4 is 11.1 Å². The number of nitrogen functional groups attached to an aromatic ring is 1. The Hall–Kier alpha value is -2.44. The van der Waals surface area contributed by atoms with Gasteiger partial charge in [0.15, 0.2) is 5.82 Å². The summed E-state index contributed by atoms with van der Waals surface area (Å²) in [4.78, 5) is 12.2. The molecule has 0 aliphatic carbocycles. The smallest absolute Gasteiger partial charge is 0.274 e. The van der Waals surface area contributed by atoms with Crippen molar-refractivity contribution in [2.75, 3.05) is 11.1 Å². The summed E-state index contributed by atoms with van der Waals surface area (Å²) in [5, 5.41) is 6.61. The van der Waals surface area contributed by atoms with Gasteiger partial charge in [0, 0.05) is 12.6 Å². The van der Waals surface area contributed by atoms with Crippen LogP contribution in [0.25, 0.3) is 0 Å². The summed E-state index contributed by atoms with van der Waals surface area (Å²) in [5.41, 5.74) is 6.19. The maximum Gasteiger partial charge on any atom is 0.274 e. The van der Waals surface area contributed by atoms with Crippen LogP contribution in [0.15, 0.2) is 18.2 Å². The molecule has 1 aromatic carbocycles. The average molecular weight is 294 g/mol. The largest absolute Gasteiger partial charge is 0.397 e. The Bertz CT molecular complexity index is 659. The van der Waals surface area contributed by atoms with E-state index in [2.05, 4.69) is 10.4 Å². The lowest BCUT2D eigenvalue weighted by Crippen LogP contribution is -2.19. The fourth-order valence-electron chi connectivity index (χ4n) is 1.97. The Morgan fingerprint density at radius 3 is 2.62 bits per heavy atom. The van der Waals surface area contributed by atoms with E-state index in [1.165, 1.54) is 4.68 Å². The molecule has 21 heavy (non-hydrogen) atoms. The van der Waals surface area contributed by atoms with Gasteiger partial charge in [-0.15, -0.1) is 0 Å². The maximum atomic E-state index is 13.7.